The molecule has 1 aliphatic rings. The molecule has 2 rings (SSSR count). The summed E-state index contributed by atoms with van der Waals surface area (Å²) in [5, 5.41) is 20.3. The van der Waals surface area contributed by atoms with E-state index in [1.54, 1.807) is 5.01 Å². The molecule has 0 saturated carbocycles. The molecule has 162 valence electrons. The SMILES string of the molecule is C=C(CCC)N1N=C(c2cc([N+](=O)[O-])ccc2OCC)NC(=O)/C1=C(\C)C(C)CC. The predicted molar refractivity (Wildman–Crippen MR) is 117 cm³/mol. The van der Waals surface area contributed by atoms with E-state index in [0.717, 1.165) is 18.4 Å². The van der Waals surface area contributed by atoms with Crippen LogP contribution in [0.1, 0.15) is 59.4 Å². The van der Waals surface area contributed by atoms with Crippen LogP contribution in [0.2, 0.25) is 0 Å². The average Bonchev–Trinajstić information content (AvgIpc) is 2.72. The monoisotopic (exact) mass is 414 g/mol. The first-order valence-corrected chi connectivity index (χ1v) is 10.2. The highest BCUT2D eigenvalue weighted by Gasteiger charge is 2.31. The van der Waals surface area contributed by atoms with Crippen LogP contribution in [0.15, 0.2) is 46.8 Å². The van der Waals surface area contributed by atoms with Gasteiger partial charge in [-0.3, -0.25) is 14.9 Å². The summed E-state index contributed by atoms with van der Waals surface area (Å²) in [7, 11) is 0. The molecule has 30 heavy (non-hydrogen) atoms. The van der Waals surface area contributed by atoms with Crippen molar-refractivity contribution in [2.24, 2.45) is 11.0 Å². The van der Waals surface area contributed by atoms with Gasteiger partial charge in [0.1, 0.15) is 11.4 Å². The molecule has 1 aromatic rings. The lowest BCUT2D eigenvalue weighted by molar-refractivity contribution is -0.384. The van der Waals surface area contributed by atoms with Crippen LogP contribution >= 0.6 is 0 Å². The number of nitro benzene ring substituents is 1. The largest absolute Gasteiger partial charge is 0.493 e. The van der Waals surface area contributed by atoms with Gasteiger partial charge in [0.25, 0.3) is 11.6 Å². The molecule has 0 spiro atoms. The molecule has 1 N–H and O–H groups in total. The number of amides is 1. The van der Waals surface area contributed by atoms with Gasteiger partial charge in [0.2, 0.25) is 0 Å². The Morgan fingerprint density at radius 3 is 2.63 bits per heavy atom. The van der Waals surface area contributed by atoms with E-state index in [-0.39, 0.29) is 23.3 Å². The summed E-state index contributed by atoms with van der Waals surface area (Å²) in [6.45, 7) is 14.4. The second kappa shape index (κ2) is 10.0. The topological polar surface area (TPSA) is 97.1 Å². The maximum atomic E-state index is 13.1. The normalized spacial score (nSPS) is 16.5. The molecular weight excluding hydrogens is 384 g/mol. The van der Waals surface area contributed by atoms with Crippen LogP contribution in [0.25, 0.3) is 0 Å². The van der Waals surface area contributed by atoms with Crippen LogP contribution in [0.4, 0.5) is 5.69 Å². The lowest BCUT2D eigenvalue weighted by Gasteiger charge is -2.32. The number of carbonyl (C=O) groups excluding carboxylic acids is 1. The summed E-state index contributed by atoms with van der Waals surface area (Å²) in [6, 6.07) is 4.25. The molecule has 1 aromatic carbocycles. The fraction of sp³-hybridized carbons (Fsp3) is 0.455. The number of hydrazone groups is 1. The van der Waals surface area contributed by atoms with Crippen LogP contribution in [0.5, 0.6) is 5.75 Å². The molecule has 0 aliphatic carbocycles. The number of amidine groups is 1. The maximum absolute atomic E-state index is 13.1. The van der Waals surface area contributed by atoms with Crippen molar-refractivity contribution < 1.29 is 14.5 Å². The Balaban J connectivity index is 2.67. The number of nitrogens with one attached hydrogen (secondary N) is 1. The Labute approximate surface area is 177 Å². The first kappa shape index (κ1) is 23.1. The van der Waals surface area contributed by atoms with Crippen molar-refractivity contribution >= 4 is 17.4 Å². The third-order valence-electron chi connectivity index (χ3n) is 5.15. The second-order valence-electron chi connectivity index (χ2n) is 7.24. The van der Waals surface area contributed by atoms with E-state index >= 15 is 0 Å². The number of non-ortho nitro benzene ring substituents is 1. The number of carbonyl (C=O) groups is 1. The smallest absolute Gasteiger partial charge is 0.275 e. The fourth-order valence-corrected chi connectivity index (χ4v) is 3.17. The number of allylic oxidation sites excluding steroid dienone is 2. The van der Waals surface area contributed by atoms with Crippen LogP contribution in [0.3, 0.4) is 0 Å². The lowest BCUT2D eigenvalue weighted by atomic mass is 9.96. The third kappa shape index (κ3) is 4.87. The van der Waals surface area contributed by atoms with Gasteiger partial charge in [-0.1, -0.05) is 33.8 Å². The van der Waals surface area contributed by atoms with E-state index in [1.807, 2.05) is 20.8 Å². The Morgan fingerprint density at radius 2 is 2.07 bits per heavy atom. The van der Waals surface area contributed by atoms with Gasteiger partial charge >= 0.3 is 0 Å². The maximum Gasteiger partial charge on any atom is 0.275 e. The zero-order valence-corrected chi connectivity index (χ0v) is 18.3. The van der Waals surface area contributed by atoms with Gasteiger partial charge in [-0.15, -0.1) is 5.10 Å². The molecule has 1 atom stereocenters. The first-order valence-electron chi connectivity index (χ1n) is 10.2. The van der Waals surface area contributed by atoms with E-state index in [2.05, 4.69) is 30.8 Å². The van der Waals surface area contributed by atoms with E-state index in [1.165, 1.54) is 18.2 Å². The number of nitro groups is 1. The Bertz CT molecular complexity index is 904. The molecule has 8 nitrogen and oxygen atoms in total. The molecule has 0 radical (unpaired) electrons. The van der Waals surface area contributed by atoms with E-state index < -0.39 is 4.92 Å². The van der Waals surface area contributed by atoms with E-state index in [0.29, 0.717) is 35.7 Å². The van der Waals surface area contributed by atoms with Crippen molar-refractivity contribution in [1.29, 1.82) is 0 Å². The molecule has 0 bridgehead atoms. The van der Waals surface area contributed by atoms with Crippen LogP contribution in [0, 0.1) is 16.0 Å². The van der Waals surface area contributed by atoms with E-state index in [4.69, 9.17) is 4.74 Å². The quantitative estimate of drug-likeness (QED) is 0.358. The fourth-order valence-electron chi connectivity index (χ4n) is 3.17. The highest BCUT2D eigenvalue weighted by molar-refractivity contribution is 6.15. The van der Waals surface area contributed by atoms with E-state index in [9.17, 15) is 14.9 Å². The number of rotatable bonds is 9. The highest BCUT2D eigenvalue weighted by atomic mass is 16.6. The van der Waals surface area contributed by atoms with Crippen molar-refractivity contribution in [1.82, 2.24) is 10.3 Å². The Kier molecular flexibility index (Phi) is 7.74. The third-order valence-corrected chi connectivity index (χ3v) is 5.15. The van der Waals surface area contributed by atoms with Crippen LogP contribution < -0.4 is 10.1 Å². The molecule has 1 amide bonds. The van der Waals surface area contributed by atoms with Crippen LogP contribution in [-0.2, 0) is 4.79 Å². The first-order chi connectivity index (χ1) is 14.2. The standard InChI is InChI=1S/C22H30N4O4/c1-7-10-15(5)25-20(16(6)14(4)8-2)22(27)23-21(24-25)18-13-17(26(28)29)11-12-19(18)30-9-3/h11-14H,5,7-10H2,1-4,6H3,(H,23,24,27)/b20-16-. The van der Waals surface area contributed by atoms with Gasteiger partial charge in [-0.05, 0) is 44.2 Å². The van der Waals surface area contributed by atoms with Gasteiger partial charge in [0, 0.05) is 17.8 Å². The summed E-state index contributed by atoms with van der Waals surface area (Å²) >= 11 is 0. The number of ether oxygens (including phenoxy) is 1. The zero-order chi connectivity index (χ0) is 22.4. The zero-order valence-electron chi connectivity index (χ0n) is 18.3. The second-order valence-corrected chi connectivity index (χ2v) is 7.24. The summed E-state index contributed by atoms with van der Waals surface area (Å²) in [4.78, 5) is 23.9. The number of benzene rings is 1. The lowest BCUT2D eigenvalue weighted by Crippen LogP contribution is -2.44. The van der Waals surface area contributed by atoms with Gasteiger partial charge in [-0.25, -0.2) is 5.01 Å². The summed E-state index contributed by atoms with van der Waals surface area (Å²) < 4.78 is 5.63. The molecule has 8 heteroatoms. The molecule has 0 saturated heterocycles. The number of hydrogen-bond acceptors (Lipinski definition) is 6. The summed E-state index contributed by atoms with van der Waals surface area (Å²) in [5.74, 6) is 0.486. The molecule has 0 aromatic heterocycles. The molecule has 1 unspecified atom stereocenters. The van der Waals surface area contributed by atoms with Gasteiger partial charge in [0.05, 0.1) is 17.1 Å². The summed E-state index contributed by atoms with van der Waals surface area (Å²) in [5.41, 5.74) is 2.30. The number of hydrogen-bond donors (Lipinski definition) is 1. The van der Waals surface area contributed by atoms with Crippen molar-refractivity contribution in [2.75, 3.05) is 6.61 Å². The Hall–Kier alpha value is -3.16. The molecule has 1 heterocycles. The minimum absolute atomic E-state index is 0.110. The summed E-state index contributed by atoms with van der Waals surface area (Å²) in [6.07, 6.45) is 2.39. The van der Waals surface area contributed by atoms with Crippen molar-refractivity contribution in [3.63, 3.8) is 0 Å². The van der Waals surface area contributed by atoms with Gasteiger partial charge < -0.3 is 10.1 Å². The minimum atomic E-state index is -0.489. The van der Waals surface area contributed by atoms with Crippen molar-refractivity contribution in [2.45, 2.75) is 53.9 Å². The molecule has 0 fully saturated rings. The number of nitrogens with zero attached hydrogens (tertiary/aromatic N) is 3. The molecular formula is C22H30N4O4. The van der Waals surface area contributed by atoms with Crippen molar-refractivity contribution in [3.8, 4) is 5.75 Å². The van der Waals surface area contributed by atoms with Gasteiger partial charge in [-0.2, -0.15) is 0 Å². The minimum Gasteiger partial charge on any atom is -0.493 e. The van der Waals surface area contributed by atoms with Gasteiger partial charge in [0.15, 0.2) is 5.84 Å². The highest BCUT2D eigenvalue weighted by Crippen LogP contribution is 2.31. The average molecular weight is 415 g/mol. The Morgan fingerprint density at radius 1 is 1.37 bits per heavy atom. The predicted octanol–water partition coefficient (Wildman–Crippen LogP) is 4.72. The van der Waals surface area contributed by atoms with Crippen molar-refractivity contribution in [3.05, 3.63) is 57.4 Å². The van der Waals surface area contributed by atoms with Crippen LogP contribution in [-0.4, -0.2) is 28.3 Å². The molecule has 1 aliphatic heterocycles.